The molecule has 1 aliphatic carbocycles. The first-order chi connectivity index (χ1) is 13.7. The molecule has 0 radical (unpaired) electrons. The van der Waals surface area contributed by atoms with E-state index >= 15 is 0 Å². The smallest absolute Gasteiger partial charge is 0.124 e. The second-order valence-electron chi connectivity index (χ2n) is 7.25. The van der Waals surface area contributed by atoms with Crippen molar-refractivity contribution in [1.29, 1.82) is 0 Å². The van der Waals surface area contributed by atoms with Crippen molar-refractivity contribution >= 4 is 5.84 Å². The number of ether oxygens (including phenoxy) is 1. The van der Waals surface area contributed by atoms with Gasteiger partial charge in [0.2, 0.25) is 0 Å². The summed E-state index contributed by atoms with van der Waals surface area (Å²) in [6.45, 7) is 10.5. The fourth-order valence-electron chi connectivity index (χ4n) is 2.85. The minimum atomic E-state index is 0.412. The molecule has 1 heterocycles. The van der Waals surface area contributed by atoms with Crippen LogP contribution in [0.2, 0.25) is 0 Å². The summed E-state index contributed by atoms with van der Waals surface area (Å²) in [6, 6.07) is 0. The van der Waals surface area contributed by atoms with Crippen molar-refractivity contribution in [3.05, 3.63) is 59.4 Å². The van der Waals surface area contributed by atoms with Gasteiger partial charge in [-0.25, -0.2) is 0 Å². The molecule has 0 spiro atoms. The molecule has 0 aromatic carbocycles. The molecule has 0 aromatic heterocycles. The zero-order valence-corrected chi connectivity index (χ0v) is 18.6. The predicted molar refractivity (Wildman–Crippen MR) is 124 cm³/mol. The quantitative estimate of drug-likeness (QED) is 0.362. The number of allylic oxidation sites excluding steroid dienone is 9. The van der Waals surface area contributed by atoms with Gasteiger partial charge >= 0.3 is 0 Å². The van der Waals surface area contributed by atoms with E-state index in [1.807, 2.05) is 0 Å². The number of rotatable bonds is 9. The summed E-state index contributed by atoms with van der Waals surface area (Å²) in [5, 5.41) is 3.40. The van der Waals surface area contributed by atoms with Gasteiger partial charge in [-0.2, -0.15) is 0 Å². The monoisotopic (exact) mass is 384 g/mol. The van der Waals surface area contributed by atoms with E-state index in [1.54, 1.807) is 7.11 Å². The molecule has 2 aliphatic rings. The van der Waals surface area contributed by atoms with E-state index in [1.165, 1.54) is 24.0 Å². The zero-order valence-electron chi connectivity index (χ0n) is 18.6. The van der Waals surface area contributed by atoms with Crippen LogP contribution in [-0.4, -0.2) is 26.0 Å². The van der Waals surface area contributed by atoms with Crippen molar-refractivity contribution in [1.82, 2.24) is 5.32 Å². The van der Waals surface area contributed by atoms with E-state index in [-0.39, 0.29) is 0 Å². The zero-order chi connectivity index (χ0) is 20.6. The summed E-state index contributed by atoms with van der Waals surface area (Å²) < 4.78 is 5.52. The number of methoxy groups -OCH3 is 1. The Hall–Kier alpha value is -2.03. The third-order valence-corrected chi connectivity index (χ3v) is 5.00. The molecule has 1 unspecified atom stereocenters. The molecule has 2 rings (SSSR count). The van der Waals surface area contributed by atoms with Gasteiger partial charge in [0.25, 0.3) is 0 Å². The summed E-state index contributed by atoms with van der Waals surface area (Å²) in [5.41, 5.74) is 2.68. The van der Waals surface area contributed by atoms with Gasteiger partial charge in [-0.05, 0) is 32.3 Å². The topological polar surface area (TPSA) is 33.6 Å². The highest BCUT2D eigenvalue weighted by molar-refractivity contribution is 6.00. The highest BCUT2D eigenvalue weighted by Gasteiger charge is 2.19. The molecule has 1 atom stereocenters. The van der Waals surface area contributed by atoms with Crippen LogP contribution in [0.4, 0.5) is 0 Å². The first-order valence-corrected chi connectivity index (χ1v) is 10.9. The first-order valence-electron chi connectivity index (χ1n) is 10.9. The Labute approximate surface area is 173 Å². The molecule has 0 amide bonds. The van der Waals surface area contributed by atoms with Crippen LogP contribution in [0.15, 0.2) is 64.4 Å². The maximum absolute atomic E-state index is 5.52. The molecule has 156 valence electrons. The van der Waals surface area contributed by atoms with Crippen molar-refractivity contribution in [2.75, 3.05) is 20.2 Å². The highest BCUT2D eigenvalue weighted by Crippen LogP contribution is 2.25. The number of nitrogens with zero attached hydrogens (tertiary/aromatic N) is 1. The lowest BCUT2D eigenvalue weighted by atomic mass is 9.92. The number of hydrogen-bond acceptors (Lipinski definition) is 3. The fourth-order valence-corrected chi connectivity index (χ4v) is 2.85. The minimum Gasteiger partial charge on any atom is -0.501 e. The SMILES string of the molecule is CC/C(C)=C\C=C(/CCCC1C=CC=CC=C1C1=NCCN1)OC.CCCC. The van der Waals surface area contributed by atoms with E-state index in [4.69, 9.17) is 4.74 Å². The van der Waals surface area contributed by atoms with E-state index in [0.29, 0.717) is 5.92 Å². The second kappa shape index (κ2) is 15.0. The Balaban J connectivity index is 0.000000892. The lowest BCUT2D eigenvalue weighted by molar-refractivity contribution is 0.273. The minimum absolute atomic E-state index is 0.412. The molecule has 1 N–H and O–H groups in total. The van der Waals surface area contributed by atoms with Gasteiger partial charge in [0.15, 0.2) is 0 Å². The maximum atomic E-state index is 5.52. The van der Waals surface area contributed by atoms with Gasteiger partial charge in [-0.3, -0.25) is 4.99 Å². The van der Waals surface area contributed by atoms with Gasteiger partial charge in [-0.1, -0.05) is 75.6 Å². The third kappa shape index (κ3) is 9.25. The normalized spacial score (nSPS) is 19.2. The van der Waals surface area contributed by atoms with Gasteiger partial charge in [0.1, 0.15) is 5.84 Å². The van der Waals surface area contributed by atoms with Crippen molar-refractivity contribution in [3.63, 3.8) is 0 Å². The van der Waals surface area contributed by atoms with Gasteiger partial charge < -0.3 is 10.1 Å². The van der Waals surface area contributed by atoms with Gasteiger partial charge in [0, 0.05) is 24.5 Å². The Morgan fingerprint density at radius 1 is 1.18 bits per heavy atom. The average molecular weight is 385 g/mol. The lowest BCUT2D eigenvalue weighted by Gasteiger charge is -2.17. The van der Waals surface area contributed by atoms with Crippen LogP contribution in [0.1, 0.15) is 66.2 Å². The second-order valence-corrected chi connectivity index (χ2v) is 7.25. The molecule has 0 aromatic rings. The summed E-state index contributed by atoms with van der Waals surface area (Å²) in [4.78, 5) is 4.59. The fraction of sp³-hybridized carbons (Fsp3) is 0.560. The summed E-state index contributed by atoms with van der Waals surface area (Å²) in [5.74, 6) is 2.54. The van der Waals surface area contributed by atoms with E-state index < -0.39 is 0 Å². The summed E-state index contributed by atoms with van der Waals surface area (Å²) in [7, 11) is 1.76. The first kappa shape index (κ1) is 24.0. The Kier molecular flexibility index (Phi) is 12.8. The highest BCUT2D eigenvalue weighted by atomic mass is 16.5. The van der Waals surface area contributed by atoms with Gasteiger partial charge in [-0.15, -0.1) is 0 Å². The summed E-state index contributed by atoms with van der Waals surface area (Å²) in [6.07, 6.45) is 22.0. The molecule has 3 nitrogen and oxygen atoms in total. The Morgan fingerprint density at radius 2 is 1.96 bits per heavy atom. The van der Waals surface area contributed by atoms with Crippen molar-refractivity contribution < 1.29 is 4.74 Å². The Morgan fingerprint density at radius 3 is 2.57 bits per heavy atom. The molecule has 3 heteroatoms. The van der Waals surface area contributed by atoms with Crippen molar-refractivity contribution in [3.8, 4) is 0 Å². The number of amidine groups is 1. The number of nitrogens with one attached hydrogen (secondary N) is 1. The summed E-state index contributed by atoms with van der Waals surface area (Å²) >= 11 is 0. The van der Waals surface area contributed by atoms with Crippen LogP contribution in [0.25, 0.3) is 0 Å². The van der Waals surface area contributed by atoms with Crippen molar-refractivity contribution in [2.45, 2.75) is 66.2 Å². The standard InChI is InChI=1S/C21H30N2O.C4H10/c1-4-17(2)13-14-19(24-3)11-8-10-18-9-6-5-7-12-20(18)21-22-15-16-23-21;1-3-4-2/h5-7,9,12-14,18H,4,8,10-11,15-16H2,1-3H3,(H,22,23);3-4H2,1-2H3/b17-13-,19-14+;. The molecule has 0 saturated carbocycles. The lowest BCUT2D eigenvalue weighted by Crippen LogP contribution is -2.24. The molecule has 0 fully saturated rings. The van der Waals surface area contributed by atoms with Crippen LogP contribution in [-0.2, 0) is 4.74 Å². The van der Waals surface area contributed by atoms with Crippen LogP contribution < -0.4 is 5.32 Å². The molecule has 0 bridgehead atoms. The number of hydrogen-bond donors (Lipinski definition) is 1. The molecule has 1 aliphatic heterocycles. The van der Waals surface area contributed by atoms with Crippen LogP contribution in [0, 0.1) is 5.92 Å². The predicted octanol–water partition coefficient (Wildman–Crippen LogP) is 6.52. The largest absolute Gasteiger partial charge is 0.501 e. The molecular weight excluding hydrogens is 344 g/mol. The van der Waals surface area contributed by atoms with Crippen LogP contribution in [0.5, 0.6) is 0 Å². The van der Waals surface area contributed by atoms with E-state index in [9.17, 15) is 0 Å². The average Bonchev–Trinajstić information content (AvgIpc) is 3.16. The Bertz CT molecular complexity index is 618. The van der Waals surface area contributed by atoms with Crippen LogP contribution >= 0.6 is 0 Å². The van der Waals surface area contributed by atoms with Crippen molar-refractivity contribution in [2.24, 2.45) is 10.9 Å². The van der Waals surface area contributed by atoms with E-state index in [0.717, 1.165) is 50.4 Å². The number of unbranched alkanes of at least 4 members (excludes halogenated alkanes) is 1. The van der Waals surface area contributed by atoms with E-state index in [2.05, 4.69) is 80.5 Å². The third-order valence-electron chi connectivity index (χ3n) is 5.00. The maximum Gasteiger partial charge on any atom is 0.124 e. The van der Waals surface area contributed by atoms with Crippen LogP contribution in [0.3, 0.4) is 0 Å². The molecule has 0 saturated heterocycles. The molecule has 28 heavy (non-hydrogen) atoms. The van der Waals surface area contributed by atoms with Gasteiger partial charge in [0.05, 0.1) is 19.4 Å². The number of aliphatic imine (C=N–C) groups is 1. The molecular formula is C25H40N2O.